The summed E-state index contributed by atoms with van der Waals surface area (Å²) < 4.78 is 5.81. The van der Waals surface area contributed by atoms with Crippen LogP contribution >= 0.6 is 15.9 Å². The van der Waals surface area contributed by atoms with Gasteiger partial charge in [-0.05, 0) is 29.8 Å². The van der Waals surface area contributed by atoms with Gasteiger partial charge >= 0.3 is 0 Å². The second kappa shape index (κ2) is 5.87. The molecule has 0 saturated carbocycles. The van der Waals surface area contributed by atoms with Crippen LogP contribution in [0, 0.1) is 0 Å². The molecule has 1 aromatic heterocycles. The minimum Gasteiger partial charge on any atom is -0.380 e. The third kappa shape index (κ3) is 4.01. The molecule has 15 heavy (non-hydrogen) atoms. The van der Waals surface area contributed by atoms with Crippen LogP contribution in [0.1, 0.15) is 13.8 Å². The number of hydrogen-bond acceptors (Lipinski definition) is 4. The van der Waals surface area contributed by atoms with Crippen LogP contribution in [0.25, 0.3) is 0 Å². The van der Waals surface area contributed by atoms with Gasteiger partial charge in [0.1, 0.15) is 4.47 Å². The zero-order valence-corrected chi connectivity index (χ0v) is 10.3. The number of aromatic amines is 1. The van der Waals surface area contributed by atoms with Crippen molar-refractivity contribution in [1.29, 1.82) is 0 Å². The van der Waals surface area contributed by atoms with Crippen LogP contribution in [-0.4, -0.2) is 29.5 Å². The Balaban J connectivity index is 2.44. The summed E-state index contributed by atoms with van der Waals surface area (Å²) in [5.41, 5.74) is 0.427. The fraction of sp³-hybridized carbons (Fsp3) is 0.556. The molecule has 5 nitrogen and oxygen atoms in total. The summed E-state index contributed by atoms with van der Waals surface area (Å²) >= 11 is 3.17. The van der Waals surface area contributed by atoms with E-state index < -0.39 is 0 Å². The SMILES string of the molecule is CC(C)OCCNc1cn[nH]c(=O)c1Br. The van der Waals surface area contributed by atoms with Crippen molar-refractivity contribution in [1.82, 2.24) is 10.2 Å². The maximum atomic E-state index is 11.1. The molecule has 6 heteroatoms. The summed E-state index contributed by atoms with van der Waals surface area (Å²) in [6, 6.07) is 0. The number of H-pyrrole nitrogens is 1. The lowest BCUT2D eigenvalue weighted by molar-refractivity contribution is 0.0870. The van der Waals surface area contributed by atoms with Crippen LogP contribution in [-0.2, 0) is 4.74 Å². The van der Waals surface area contributed by atoms with Crippen molar-refractivity contribution in [3.05, 3.63) is 21.0 Å². The summed E-state index contributed by atoms with van der Waals surface area (Å²) in [4.78, 5) is 11.1. The molecule has 0 fully saturated rings. The molecule has 0 amide bonds. The van der Waals surface area contributed by atoms with Crippen molar-refractivity contribution in [2.45, 2.75) is 20.0 Å². The Morgan fingerprint density at radius 1 is 1.67 bits per heavy atom. The number of nitrogens with one attached hydrogen (secondary N) is 2. The standard InChI is InChI=1S/C9H14BrN3O2/c1-6(2)15-4-3-11-7-5-12-13-9(14)8(7)10/h5-6H,3-4H2,1-2H3,(H2,11,13,14). The first kappa shape index (κ1) is 12.2. The molecule has 0 aromatic carbocycles. The van der Waals surface area contributed by atoms with Crippen LogP contribution < -0.4 is 10.9 Å². The average Bonchev–Trinajstić information content (AvgIpc) is 2.18. The monoisotopic (exact) mass is 275 g/mol. The Labute approximate surface area is 96.4 Å². The highest BCUT2D eigenvalue weighted by atomic mass is 79.9. The molecule has 0 aliphatic heterocycles. The minimum atomic E-state index is -0.246. The Hall–Kier alpha value is -0.880. The molecule has 1 aromatic rings. The second-order valence-corrected chi connectivity index (χ2v) is 4.07. The first-order valence-electron chi connectivity index (χ1n) is 4.70. The number of anilines is 1. The third-order valence-electron chi connectivity index (χ3n) is 1.66. The van der Waals surface area contributed by atoms with Crippen molar-refractivity contribution in [3.8, 4) is 0 Å². The minimum absolute atomic E-state index is 0.215. The molecule has 1 heterocycles. The van der Waals surface area contributed by atoms with Gasteiger partial charge in [0.15, 0.2) is 0 Å². The number of hydrogen-bond donors (Lipinski definition) is 2. The Bertz CT molecular complexity index is 365. The summed E-state index contributed by atoms with van der Waals surface area (Å²) in [6.45, 7) is 5.19. The topological polar surface area (TPSA) is 67.0 Å². The van der Waals surface area contributed by atoms with Gasteiger partial charge in [-0.3, -0.25) is 4.79 Å². The second-order valence-electron chi connectivity index (χ2n) is 3.27. The predicted molar refractivity (Wildman–Crippen MR) is 62.1 cm³/mol. The predicted octanol–water partition coefficient (Wildman–Crippen LogP) is 1.37. The summed E-state index contributed by atoms with van der Waals surface area (Å²) in [5, 5.41) is 9.07. The summed E-state index contributed by atoms with van der Waals surface area (Å²) in [5.74, 6) is 0. The largest absolute Gasteiger partial charge is 0.380 e. The molecule has 0 aliphatic carbocycles. The molecule has 0 unspecified atom stereocenters. The number of rotatable bonds is 5. The molecule has 0 saturated heterocycles. The molecule has 0 spiro atoms. The number of nitrogens with zero attached hydrogens (tertiary/aromatic N) is 1. The highest BCUT2D eigenvalue weighted by Gasteiger charge is 2.03. The first-order valence-corrected chi connectivity index (χ1v) is 5.49. The van der Waals surface area contributed by atoms with Gasteiger partial charge in [0.25, 0.3) is 5.56 Å². The molecule has 0 bridgehead atoms. The van der Waals surface area contributed by atoms with Crippen LogP contribution in [0.3, 0.4) is 0 Å². The summed E-state index contributed by atoms with van der Waals surface area (Å²) in [7, 11) is 0. The lowest BCUT2D eigenvalue weighted by atomic mass is 10.4. The van der Waals surface area contributed by atoms with Gasteiger partial charge in [0, 0.05) is 6.54 Å². The van der Waals surface area contributed by atoms with Gasteiger partial charge in [0.2, 0.25) is 0 Å². The average molecular weight is 276 g/mol. The van der Waals surface area contributed by atoms with Gasteiger partial charge in [-0.1, -0.05) is 0 Å². The van der Waals surface area contributed by atoms with Crippen molar-refractivity contribution in [2.24, 2.45) is 0 Å². The number of aromatic nitrogens is 2. The van der Waals surface area contributed by atoms with E-state index in [1.165, 1.54) is 0 Å². The van der Waals surface area contributed by atoms with E-state index in [0.717, 1.165) is 0 Å². The Morgan fingerprint density at radius 2 is 2.40 bits per heavy atom. The van der Waals surface area contributed by atoms with E-state index in [1.54, 1.807) is 6.20 Å². The number of halogens is 1. The molecule has 2 N–H and O–H groups in total. The lowest BCUT2D eigenvalue weighted by Crippen LogP contribution is -2.16. The van der Waals surface area contributed by atoms with Crippen molar-refractivity contribution in [3.63, 3.8) is 0 Å². The van der Waals surface area contributed by atoms with E-state index in [0.29, 0.717) is 23.3 Å². The van der Waals surface area contributed by atoms with Crippen LogP contribution in [0.2, 0.25) is 0 Å². The Kier molecular flexibility index (Phi) is 4.77. The summed E-state index contributed by atoms with van der Waals surface area (Å²) in [6.07, 6.45) is 1.77. The number of ether oxygens (including phenoxy) is 1. The molecular formula is C9H14BrN3O2. The smallest absolute Gasteiger partial charge is 0.280 e. The van der Waals surface area contributed by atoms with E-state index in [9.17, 15) is 4.79 Å². The molecule has 0 atom stereocenters. The molecule has 0 aliphatic rings. The molecule has 0 radical (unpaired) electrons. The lowest BCUT2D eigenvalue weighted by Gasteiger charge is -2.09. The van der Waals surface area contributed by atoms with E-state index in [1.807, 2.05) is 13.8 Å². The third-order valence-corrected chi connectivity index (χ3v) is 2.45. The van der Waals surface area contributed by atoms with Gasteiger partial charge in [-0.2, -0.15) is 5.10 Å². The van der Waals surface area contributed by atoms with E-state index in [2.05, 4.69) is 31.4 Å². The maximum absolute atomic E-state index is 11.1. The van der Waals surface area contributed by atoms with Crippen LogP contribution in [0.4, 0.5) is 5.69 Å². The van der Waals surface area contributed by atoms with Gasteiger partial charge in [-0.25, -0.2) is 5.10 Å². The zero-order chi connectivity index (χ0) is 11.3. The maximum Gasteiger partial charge on any atom is 0.280 e. The van der Waals surface area contributed by atoms with Crippen molar-refractivity contribution >= 4 is 21.6 Å². The fourth-order valence-corrected chi connectivity index (χ4v) is 1.32. The molecular weight excluding hydrogens is 262 g/mol. The normalized spacial score (nSPS) is 10.7. The fourth-order valence-electron chi connectivity index (χ4n) is 0.987. The van der Waals surface area contributed by atoms with Crippen molar-refractivity contribution < 1.29 is 4.74 Å². The molecule has 1 rings (SSSR count). The van der Waals surface area contributed by atoms with E-state index >= 15 is 0 Å². The first-order chi connectivity index (χ1) is 7.11. The van der Waals surface area contributed by atoms with E-state index in [4.69, 9.17) is 4.74 Å². The Morgan fingerprint density at radius 3 is 3.07 bits per heavy atom. The van der Waals surface area contributed by atoms with E-state index in [-0.39, 0.29) is 11.7 Å². The highest BCUT2D eigenvalue weighted by Crippen LogP contribution is 2.14. The van der Waals surface area contributed by atoms with Gasteiger partial charge < -0.3 is 10.1 Å². The molecule has 84 valence electrons. The van der Waals surface area contributed by atoms with Crippen LogP contribution in [0.15, 0.2) is 15.5 Å². The van der Waals surface area contributed by atoms with Gasteiger partial charge in [-0.15, -0.1) is 0 Å². The zero-order valence-electron chi connectivity index (χ0n) is 8.71. The van der Waals surface area contributed by atoms with Gasteiger partial charge in [0.05, 0.1) is 24.6 Å². The quantitative estimate of drug-likeness (QED) is 0.797. The van der Waals surface area contributed by atoms with Crippen molar-refractivity contribution in [2.75, 3.05) is 18.5 Å². The highest BCUT2D eigenvalue weighted by molar-refractivity contribution is 9.10. The van der Waals surface area contributed by atoms with Crippen LogP contribution in [0.5, 0.6) is 0 Å².